The summed E-state index contributed by atoms with van der Waals surface area (Å²) in [5.41, 5.74) is 1.19. The molecule has 19 heavy (non-hydrogen) atoms. The fourth-order valence-electron chi connectivity index (χ4n) is 1.79. The number of nitrogens with one attached hydrogen (secondary N) is 2. The van der Waals surface area contributed by atoms with Crippen LogP contribution in [0.2, 0.25) is 0 Å². The van der Waals surface area contributed by atoms with Crippen LogP contribution in [0.5, 0.6) is 5.75 Å². The molecule has 0 aliphatic heterocycles. The Morgan fingerprint density at radius 3 is 2.63 bits per heavy atom. The van der Waals surface area contributed by atoms with Crippen molar-refractivity contribution < 1.29 is 9.53 Å². The first-order valence-electron chi connectivity index (χ1n) is 7.00. The van der Waals surface area contributed by atoms with Crippen molar-refractivity contribution in [3.8, 4) is 5.75 Å². The highest BCUT2D eigenvalue weighted by Crippen LogP contribution is 2.19. The van der Waals surface area contributed by atoms with E-state index in [9.17, 15) is 4.79 Å². The van der Waals surface area contributed by atoms with Crippen LogP contribution in [0.1, 0.15) is 32.3 Å². The second-order valence-corrected chi connectivity index (χ2v) is 4.33. The number of carbonyl (C=O) groups excluding carboxylic acids is 1. The van der Waals surface area contributed by atoms with Gasteiger partial charge >= 0.3 is 6.03 Å². The predicted molar refractivity (Wildman–Crippen MR) is 77.6 cm³/mol. The Hall–Kier alpha value is -1.71. The zero-order valence-corrected chi connectivity index (χ0v) is 11.9. The minimum atomic E-state index is -0.0834. The van der Waals surface area contributed by atoms with Gasteiger partial charge in [-0.25, -0.2) is 4.79 Å². The molecule has 0 spiro atoms. The molecule has 4 nitrogen and oxygen atoms in total. The molecule has 0 aliphatic rings. The molecule has 0 fully saturated rings. The van der Waals surface area contributed by atoms with Gasteiger partial charge in [-0.15, -0.1) is 0 Å². The maximum absolute atomic E-state index is 11.3. The molecule has 0 heterocycles. The van der Waals surface area contributed by atoms with Gasteiger partial charge in [-0.05, 0) is 37.8 Å². The number of urea groups is 1. The van der Waals surface area contributed by atoms with Crippen LogP contribution in [0.3, 0.4) is 0 Å². The SMILES string of the molecule is CCCNC(=O)NCCCc1ccccc1OCC. The van der Waals surface area contributed by atoms with Gasteiger partial charge in [-0.1, -0.05) is 25.1 Å². The summed E-state index contributed by atoms with van der Waals surface area (Å²) in [5, 5.41) is 5.64. The van der Waals surface area contributed by atoms with Crippen LogP contribution in [-0.4, -0.2) is 25.7 Å². The van der Waals surface area contributed by atoms with Crippen LogP contribution in [0, 0.1) is 0 Å². The molecule has 0 saturated carbocycles. The minimum absolute atomic E-state index is 0.0834. The Balaban J connectivity index is 2.27. The van der Waals surface area contributed by atoms with E-state index in [1.807, 2.05) is 32.0 Å². The lowest BCUT2D eigenvalue weighted by Gasteiger charge is -2.10. The summed E-state index contributed by atoms with van der Waals surface area (Å²) in [7, 11) is 0. The molecular weight excluding hydrogens is 240 g/mol. The fourth-order valence-corrected chi connectivity index (χ4v) is 1.79. The summed E-state index contributed by atoms with van der Waals surface area (Å²) >= 11 is 0. The van der Waals surface area contributed by atoms with E-state index in [2.05, 4.69) is 16.7 Å². The molecule has 0 aromatic heterocycles. The van der Waals surface area contributed by atoms with E-state index in [0.717, 1.165) is 31.6 Å². The highest BCUT2D eigenvalue weighted by atomic mass is 16.5. The first-order chi connectivity index (χ1) is 9.27. The molecule has 1 rings (SSSR count). The molecule has 4 heteroatoms. The fraction of sp³-hybridized carbons (Fsp3) is 0.533. The topological polar surface area (TPSA) is 50.4 Å². The lowest BCUT2D eigenvalue weighted by molar-refractivity contribution is 0.241. The third-order valence-electron chi connectivity index (χ3n) is 2.72. The van der Waals surface area contributed by atoms with Gasteiger partial charge in [0.25, 0.3) is 0 Å². The molecule has 0 radical (unpaired) electrons. The molecule has 1 aromatic carbocycles. The number of rotatable bonds is 8. The second kappa shape index (κ2) is 9.25. The Morgan fingerprint density at radius 1 is 1.16 bits per heavy atom. The van der Waals surface area contributed by atoms with E-state index in [1.165, 1.54) is 5.56 Å². The maximum Gasteiger partial charge on any atom is 0.314 e. The van der Waals surface area contributed by atoms with Crippen LogP contribution >= 0.6 is 0 Å². The molecule has 0 unspecified atom stereocenters. The van der Waals surface area contributed by atoms with Crippen LogP contribution in [0.4, 0.5) is 4.79 Å². The van der Waals surface area contributed by atoms with Gasteiger partial charge in [0.05, 0.1) is 6.61 Å². The smallest absolute Gasteiger partial charge is 0.314 e. The lowest BCUT2D eigenvalue weighted by Crippen LogP contribution is -2.36. The normalized spacial score (nSPS) is 10.0. The summed E-state index contributed by atoms with van der Waals surface area (Å²) in [6, 6.07) is 7.96. The number of benzene rings is 1. The highest BCUT2D eigenvalue weighted by Gasteiger charge is 2.03. The van der Waals surface area contributed by atoms with E-state index in [4.69, 9.17) is 4.74 Å². The molecule has 1 aromatic rings. The average molecular weight is 264 g/mol. The Labute approximate surface area is 115 Å². The van der Waals surface area contributed by atoms with Crippen molar-refractivity contribution >= 4 is 6.03 Å². The number of carbonyl (C=O) groups is 1. The van der Waals surface area contributed by atoms with Gasteiger partial charge in [0.2, 0.25) is 0 Å². The van der Waals surface area contributed by atoms with Gasteiger partial charge in [0, 0.05) is 13.1 Å². The van der Waals surface area contributed by atoms with Crippen molar-refractivity contribution in [3.63, 3.8) is 0 Å². The van der Waals surface area contributed by atoms with Crippen molar-refractivity contribution in [1.29, 1.82) is 0 Å². The van der Waals surface area contributed by atoms with Gasteiger partial charge in [-0.3, -0.25) is 0 Å². The molecular formula is C15H24N2O2. The van der Waals surface area contributed by atoms with Crippen molar-refractivity contribution in [2.75, 3.05) is 19.7 Å². The monoisotopic (exact) mass is 264 g/mol. The number of amides is 2. The second-order valence-electron chi connectivity index (χ2n) is 4.33. The molecule has 0 saturated heterocycles. The first-order valence-corrected chi connectivity index (χ1v) is 7.00. The molecule has 0 aliphatic carbocycles. The summed E-state index contributed by atoms with van der Waals surface area (Å²) in [6.07, 6.45) is 2.77. The number of aryl methyl sites for hydroxylation is 1. The van der Waals surface area contributed by atoms with Crippen molar-refractivity contribution in [1.82, 2.24) is 10.6 Å². The zero-order valence-electron chi connectivity index (χ0n) is 11.9. The summed E-state index contributed by atoms with van der Waals surface area (Å²) in [4.78, 5) is 11.3. The Morgan fingerprint density at radius 2 is 1.89 bits per heavy atom. The first kappa shape index (κ1) is 15.3. The van der Waals surface area contributed by atoms with Crippen molar-refractivity contribution in [2.45, 2.75) is 33.1 Å². The third kappa shape index (κ3) is 6.13. The lowest BCUT2D eigenvalue weighted by atomic mass is 10.1. The third-order valence-corrected chi connectivity index (χ3v) is 2.72. The quantitative estimate of drug-likeness (QED) is 0.709. The summed E-state index contributed by atoms with van der Waals surface area (Å²) in [5.74, 6) is 0.945. The molecule has 2 amide bonds. The van der Waals surface area contributed by atoms with Crippen molar-refractivity contribution in [3.05, 3.63) is 29.8 Å². The number of para-hydroxylation sites is 1. The van der Waals surface area contributed by atoms with Gasteiger partial charge in [-0.2, -0.15) is 0 Å². The Kier molecular flexibility index (Phi) is 7.47. The van der Waals surface area contributed by atoms with E-state index in [1.54, 1.807) is 0 Å². The van der Waals surface area contributed by atoms with E-state index >= 15 is 0 Å². The van der Waals surface area contributed by atoms with Gasteiger partial charge < -0.3 is 15.4 Å². The van der Waals surface area contributed by atoms with Crippen LogP contribution in [0.25, 0.3) is 0 Å². The molecule has 0 bridgehead atoms. The number of ether oxygens (including phenoxy) is 1. The summed E-state index contributed by atoms with van der Waals surface area (Å²) in [6.45, 7) is 6.09. The van der Waals surface area contributed by atoms with Gasteiger partial charge in [0.15, 0.2) is 0 Å². The minimum Gasteiger partial charge on any atom is -0.494 e. The van der Waals surface area contributed by atoms with Crippen LogP contribution < -0.4 is 15.4 Å². The highest BCUT2D eigenvalue weighted by molar-refractivity contribution is 5.73. The average Bonchev–Trinajstić information content (AvgIpc) is 2.43. The molecule has 2 N–H and O–H groups in total. The maximum atomic E-state index is 11.3. The number of hydrogen-bond acceptors (Lipinski definition) is 2. The molecule has 106 valence electrons. The van der Waals surface area contributed by atoms with Crippen molar-refractivity contribution in [2.24, 2.45) is 0 Å². The molecule has 0 atom stereocenters. The predicted octanol–water partition coefficient (Wildman–Crippen LogP) is 2.73. The summed E-state index contributed by atoms with van der Waals surface area (Å²) < 4.78 is 5.57. The zero-order chi connectivity index (χ0) is 13.9. The number of hydrogen-bond donors (Lipinski definition) is 2. The van der Waals surface area contributed by atoms with E-state index in [-0.39, 0.29) is 6.03 Å². The largest absolute Gasteiger partial charge is 0.494 e. The van der Waals surface area contributed by atoms with Crippen LogP contribution in [0.15, 0.2) is 24.3 Å². The van der Waals surface area contributed by atoms with Crippen LogP contribution in [-0.2, 0) is 6.42 Å². The van der Waals surface area contributed by atoms with E-state index < -0.39 is 0 Å². The Bertz CT molecular complexity index is 380. The van der Waals surface area contributed by atoms with Gasteiger partial charge in [0.1, 0.15) is 5.75 Å². The van der Waals surface area contributed by atoms with E-state index in [0.29, 0.717) is 13.2 Å². The standard InChI is InChI=1S/C15H24N2O2/c1-3-11-16-15(18)17-12-7-9-13-8-5-6-10-14(13)19-4-2/h5-6,8,10H,3-4,7,9,11-12H2,1-2H3,(H2,16,17,18).